The van der Waals surface area contributed by atoms with Crippen molar-refractivity contribution in [3.05, 3.63) is 285 Å². The summed E-state index contributed by atoms with van der Waals surface area (Å²) < 4.78 is 122. The molecule has 0 spiro atoms. The number of esters is 3. The molecule has 20 atom stereocenters. The first-order valence-electron chi connectivity index (χ1n) is 38.9. The van der Waals surface area contributed by atoms with Crippen LogP contribution in [0.4, 0.5) is 0 Å². The number of rotatable bonds is 44. The third-order valence-electron chi connectivity index (χ3n) is 19.9. The molecule has 0 amide bonds. The van der Waals surface area contributed by atoms with Crippen LogP contribution in [-0.2, 0) is 146 Å². The molecule has 28 heteroatoms. The standard InChI is InChI=1S/C87H102N6O22/c1-5-7-8-9-10-32-48-100-84-68(90-92-88)72(102-50-59-33-18-11-19-34-59)70(66(49-94)109-84)111-87-81(108-56-65-45-30-17-31-46-65)76(106-54-63-41-26-15-27-42-63)77(79(115-87)82(96)98-4)113-85-69(91-93-89)73(103-51-60-35-20-12-21-36-60)71(67(110-85)57-101-58(3)95)112-86-80(107-55-64-43-28-16-29-44-64)75(105-53-62-39-24-14-25-40-62)74(78(114-86)83(97)99-47-6-2)104-52-61-37-22-13-23-38-61/h6,11-31,33-46,66-81,84-87,94H,2,5,7-10,32,47-57H2,1,3-4H3/t66-,67-,68-,69-,70-,71-,72-,73-,74+,75+,76+,77+,78+,79+,80-,81-,84+,85-,86-,87-/m1/s1. The van der Waals surface area contributed by atoms with Crippen molar-refractivity contribution in [3.8, 4) is 0 Å². The van der Waals surface area contributed by atoms with Crippen LogP contribution in [-0.4, -0.2) is 179 Å². The van der Waals surface area contributed by atoms with Gasteiger partial charge in [0.1, 0.15) is 98.5 Å². The number of hydrogen-bond acceptors (Lipinski definition) is 24. The maximum Gasteiger partial charge on any atom is 0.338 e. The molecule has 4 aliphatic rings. The van der Waals surface area contributed by atoms with Crippen molar-refractivity contribution in [1.29, 1.82) is 0 Å². The monoisotopic (exact) mass is 1580 g/mol. The zero-order valence-electron chi connectivity index (χ0n) is 64.8. The predicted octanol–water partition coefficient (Wildman–Crippen LogP) is 13.3. The van der Waals surface area contributed by atoms with Gasteiger partial charge in [-0.25, -0.2) is 9.59 Å². The Hall–Kier alpha value is -9.33. The van der Waals surface area contributed by atoms with Gasteiger partial charge in [0, 0.05) is 23.4 Å². The highest BCUT2D eigenvalue weighted by Crippen LogP contribution is 2.42. The molecule has 0 aliphatic carbocycles. The lowest BCUT2D eigenvalue weighted by Crippen LogP contribution is -2.69. The number of azide groups is 2. The van der Waals surface area contributed by atoms with E-state index < -0.39 is 154 Å². The fraction of sp³-hybridized carbons (Fsp3) is 0.460. The summed E-state index contributed by atoms with van der Waals surface area (Å²) in [7, 11) is 1.14. The summed E-state index contributed by atoms with van der Waals surface area (Å²) in [6.07, 6.45) is -20.0. The summed E-state index contributed by atoms with van der Waals surface area (Å²) in [6, 6.07) is 61.7. The van der Waals surface area contributed by atoms with E-state index >= 15 is 4.79 Å². The minimum atomic E-state index is -1.89. The van der Waals surface area contributed by atoms with Crippen molar-refractivity contribution in [3.63, 3.8) is 0 Å². The molecule has 4 saturated heterocycles. The fourth-order valence-electron chi connectivity index (χ4n) is 14.1. The minimum Gasteiger partial charge on any atom is -0.467 e. The quantitative estimate of drug-likeness (QED) is 0.00705. The van der Waals surface area contributed by atoms with E-state index in [1.165, 1.54) is 13.0 Å². The zero-order valence-corrected chi connectivity index (χ0v) is 64.8. The van der Waals surface area contributed by atoms with Crippen molar-refractivity contribution < 1.29 is 105 Å². The molecule has 0 unspecified atom stereocenters. The molecular weight excluding hydrogens is 1480 g/mol. The lowest BCUT2D eigenvalue weighted by molar-refractivity contribution is -0.382. The highest BCUT2D eigenvalue weighted by Gasteiger charge is 2.60. The smallest absolute Gasteiger partial charge is 0.338 e. The van der Waals surface area contributed by atoms with Gasteiger partial charge in [0.15, 0.2) is 37.4 Å². The van der Waals surface area contributed by atoms with Crippen molar-refractivity contribution in [2.45, 2.75) is 221 Å². The minimum absolute atomic E-state index is 0.0262. The van der Waals surface area contributed by atoms with Crippen LogP contribution in [0.2, 0.25) is 0 Å². The summed E-state index contributed by atoms with van der Waals surface area (Å²) in [5.74, 6) is -2.66. The van der Waals surface area contributed by atoms with Gasteiger partial charge in [-0.3, -0.25) is 4.79 Å². The van der Waals surface area contributed by atoms with Crippen LogP contribution in [0.3, 0.4) is 0 Å². The molecule has 0 bridgehead atoms. The van der Waals surface area contributed by atoms with E-state index in [-0.39, 0.29) is 59.5 Å². The molecular formula is C87H102N6O22. The topological polar surface area (TPSA) is 335 Å². The van der Waals surface area contributed by atoms with Crippen LogP contribution in [0.25, 0.3) is 20.9 Å². The Morgan fingerprint density at radius 2 is 0.757 bits per heavy atom. The number of methoxy groups -OCH3 is 1. The normalized spacial score (nSPS) is 27.2. The van der Waals surface area contributed by atoms with Crippen LogP contribution in [0.5, 0.6) is 0 Å². The van der Waals surface area contributed by atoms with E-state index in [9.17, 15) is 25.8 Å². The second-order valence-corrected chi connectivity index (χ2v) is 28.0. The summed E-state index contributed by atoms with van der Waals surface area (Å²) in [5, 5.41) is 20.2. The third-order valence-corrected chi connectivity index (χ3v) is 19.9. The predicted molar refractivity (Wildman–Crippen MR) is 416 cm³/mol. The number of aliphatic hydroxyl groups excluding tert-OH is 1. The van der Waals surface area contributed by atoms with Gasteiger partial charge in [-0.05, 0) is 56.4 Å². The summed E-state index contributed by atoms with van der Waals surface area (Å²) in [6.45, 7) is 5.16. The molecule has 1 N–H and O–H groups in total. The van der Waals surface area contributed by atoms with Crippen molar-refractivity contribution in [2.75, 3.05) is 33.5 Å². The Labute approximate surface area is 669 Å². The van der Waals surface area contributed by atoms with Crippen LogP contribution in [0.1, 0.15) is 91.3 Å². The Balaban J connectivity index is 1.02. The average Bonchev–Trinajstić information content (AvgIpc) is 0.756. The van der Waals surface area contributed by atoms with Crippen LogP contribution >= 0.6 is 0 Å². The van der Waals surface area contributed by atoms with E-state index in [0.29, 0.717) is 23.1 Å². The highest BCUT2D eigenvalue weighted by molar-refractivity contribution is 5.76. The molecule has 0 radical (unpaired) electrons. The summed E-state index contributed by atoms with van der Waals surface area (Å²) >= 11 is 0. The van der Waals surface area contributed by atoms with E-state index in [1.54, 1.807) is 0 Å². The van der Waals surface area contributed by atoms with Crippen LogP contribution in [0.15, 0.2) is 235 Å². The van der Waals surface area contributed by atoms with Crippen molar-refractivity contribution in [2.24, 2.45) is 10.2 Å². The van der Waals surface area contributed by atoms with Gasteiger partial charge < -0.3 is 90.4 Å². The van der Waals surface area contributed by atoms with E-state index in [4.69, 9.17) is 85.3 Å². The molecule has 7 aromatic carbocycles. The van der Waals surface area contributed by atoms with Crippen LogP contribution < -0.4 is 0 Å². The number of carbonyl (C=O) groups is 3. The molecule has 7 aromatic rings. The fourth-order valence-corrected chi connectivity index (χ4v) is 14.1. The second-order valence-electron chi connectivity index (χ2n) is 28.0. The first-order chi connectivity index (χ1) is 56.5. The number of hydrogen-bond donors (Lipinski definition) is 1. The second kappa shape index (κ2) is 46.4. The van der Waals surface area contributed by atoms with Gasteiger partial charge in [-0.15, -0.1) is 0 Å². The first-order valence-corrected chi connectivity index (χ1v) is 38.9. The van der Waals surface area contributed by atoms with Crippen molar-refractivity contribution >= 4 is 17.9 Å². The zero-order chi connectivity index (χ0) is 80.4. The number of benzene rings is 7. The first kappa shape index (κ1) is 86.5. The molecule has 115 heavy (non-hydrogen) atoms. The van der Waals surface area contributed by atoms with Crippen LogP contribution in [0, 0.1) is 0 Å². The number of unbranched alkanes of at least 4 members (excludes halogenated alkanes) is 5. The van der Waals surface area contributed by atoms with E-state index in [1.807, 2.05) is 212 Å². The molecule has 612 valence electrons. The van der Waals surface area contributed by atoms with Gasteiger partial charge in [0.25, 0.3) is 0 Å². The van der Waals surface area contributed by atoms with E-state index in [2.05, 4.69) is 33.6 Å². The van der Waals surface area contributed by atoms with Crippen molar-refractivity contribution in [1.82, 2.24) is 0 Å². The number of nitrogens with zero attached hydrogens (tertiary/aromatic N) is 6. The molecule has 4 heterocycles. The number of ether oxygens (including phenoxy) is 18. The Bertz CT molecular complexity index is 4110. The number of aliphatic hydroxyl groups is 1. The van der Waals surface area contributed by atoms with Gasteiger partial charge in [-0.1, -0.05) is 274 Å². The Morgan fingerprint density at radius 1 is 0.409 bits per heavy atom. The molecule has 0 aromatic heterocycles. The summed E-state index contributed by atoms with van der Waals surface area (Å²) in [5.41, 5.74) is 26.4. The largest absolute Gasteiger partial charge is 0.467 e. The molecule has 28 nitrogen and oxygen atoms in total. The molecule has 0 saturated carbocycles. The van der Waals surface area contributed by atoms with Gasteiger partial charge in [0.2, 0.25) is 0 Å². The maximum absolute atomic E-state index is 15.2. The summed E-state index contributed by atoms with van der Waals surface area (Å²) in [4.78, 5) is 50.1. The van der Waals surface area contributed by atoms with E-state index in [0.717, 1.165) is 61.5 Å². The lowest BCUT2D eigenvalue weighted by atomic mass is 9.93. The van der Waals surface area contributed by atoms with Gasteiger partial charge >= 0.3 is 17.9 Å². The Morgan fingerprint density at radius 3 is 1.15 bits per heavy atom. The Kier molecular flexibility index (Phi) is 34.9. The molecule has 4 fully saturated rings. The SMILES string of the molecule is C=CCOC(=O)[C@H]1O[C@@H](O[C@H]2[C@H](OCc3ccccc3)[C@@H](N=[N+]=[N-])[C@@H](O[C@H]3[C@H](OCc4ccccc4)[C@@H](OCc4ccccc4)[C@H](O[C@H]4[C@H](OCc5ccccc5)[C@@H](N=[N+]=[N-])[C@@H](OCCCCCCCC)O[C@@H]4CO)O[C@@H]3C(=O)OC)O[C@@H]2COC(C)=O)[C@H](OCc2ccccc2)[C@@H](OCc2ccccc2)[C@@H]1OCc1ccccc1. The van der Waals surface area contributed by atoms with Gasteiger partial charge in [-0.2, -0.15) is 0 Å². The third kappa shape index (κ3) is 25.1. The lowest BCUT2D eigenvalue weighted by Gasteiger charge is -2.51. The molecule has 11 rings (SSSR count). The highest BCUT2D eigenvalue weighted by atomic mass is 16.8. The maximum atomic E-state index is 15.2. The number of carbonyl (C=O) groups excluding carboxylic acids is 3. The van der Waals surface area contributed by atoms with Gasteiger partial charge in [0.05, 0.1) is 60.0 Å². The molecule has 4 aliphatic heterocycles. The average molecular weight is 1580 g/mol.